The van der Waals surface area contributed by atoms with E-state index in [1.165, 1.54) is 11.0 Å². The zero-order valence-corrected chi connectivity index (χ0v) is 26.3. The van der Waals surface area contributed by atoms with Gasteiger partial charge < -0.3 is 19.5 Å². The molecule has 1 N–H and O–H groups in total. The summed E-state index contributed by atoms with van der Waals surface area (Å²) in [6.07, 6.45) is 1.45. The smallest absolute Gasteiger partial charge is 0.350 e. The van der Waals surface area contributed by atoms with Crippen LogP contribution in [0.25, 0.3) is 5.76 Å². The van der Waals surface area contributed by atoms with Gasteiger partial charge in [-0.15, -0.1) is 0 Å². The summed E-state index contributed by atoms with van der Waals surface area (Å²) < 4.78 is 11.1. The number of anilines is 2. The van der Waals surface area contributed by atoms with Crippen molar-refractivity contribution in [2.24, 2.45) is 0 Å². The van der Waals surface area contributed by atoms with Crippen molar-refractivity contribution in [2.45, 2.75) is 26.5 Å². The topological polar surface area (TPSA) is 109 Å². The van der Waals surface area contributed by atoms with Crippen LogP contribution in [0.3, 0.4) is 0 Å². The van der Waals surface area contributed by atoms with Gasteiger partial charge in [0.2, 0.25) is 0 Å². The average Bonchev–Trinajstić information content (AvgIpc) is 3.54. The van der Waals surface area contributed by atoms with Gasteiger partial charge in [-0.1, -0.05) is 66.0 Å². The first-order valence-electron chi connectivity index (χ1n) is 14.2. The lowest BCUT2D eigenvalue weighted by molar-refractivity contribution is -0.132. The molecular weight excluding hydrogens is 590 g/mol. The minimum atomic E-state index is -0.999. The molecule has 1 aromatic heterocycles. The number of aliphatic hydroxyl groups is 1. The highest BCUT2D eigenvalue weighted by Crippen LogP contribution is 2.44. The van der Waals surface area contributed by atoms with Crippen molar-refractivity contribution in [2.75, 3.05) is 30.5 Å². The van der Waals surface area contributed by atoms with E-state index < -0.39 is 23.7 Å². The normalized spacial score (nSPS) is 15.6. The Bertz CT molecular complexity index is 1790. The van der Waals surface area contributed by atoms with Gasteiger partial charge in [0.25, 0.3) is 5.78 Å². The molecule has 9 nitrogen and oxygen atoms in total. The van der Waals surface area contributed by atoms with Gasteiger partial charge in [0.05, 0.1) is 17.3 Å². The van der Waals surface area contributed by atoms with Crippen molar-refractivity contribution in [3.8, 4) is 5.75 Å². The highest BCUT2D eigenvalue weighted by molar-refractivity contribution is 7.17. The number of aliphatic hydroxyl groups excluding tert-OH is 1. The molecular formula is C35H33N3O6S. The molecule has 4 aromatic rings. The van der Waals surface area contributed by atoms with Crippen molar-refractivity contribution in [1.82, 2.24) is 4.98 Å². The van der Waals surface area contributed by atoms with Crippen LogP contribution >= 0.6 is 11.3 Å². The van der Waals surface area contributed by atoms with E-state index in [4.69, 9.17) is 9.47 Å². The molecule has 1 fully saturated rings. The van der Waals surface area contributed by atoms with Crippen molar-refractivity contribution >= 4 is 45.6 Å². The SMILES string of the molecule is C=CCOC(=O)c1sc(N2C(=O)C(=O)/C(=C(/O)c3ccc(OCc4cccc(C)c4)cc3)C2c2ccc(N(C)C)cc2)nc1C. The summed E-state index contributed by atoms with van der Waals surface area (Å²) in [7, 11) is 3.81. The van der Waals surface area contributed by atoms with Gasteiger partial charge >= 0.3 is 11.9 Å². The Morgan fingerprint density at radius 2 is 1.78 bits per heavy atom. The number of esters is 1. The standard InChI is InChI=1S/C35H33N3O6S/c1-6-18-43-34(42)32-22(3)36-35(45-32)38-29(24-10-14-26(15-11-24)37(4)5)28(31(40)33(38)41)30(39)25-12-16-27(17-13-25)44-20-23-9-7-8-21(2)19-23/h6-17,19,29,39H,1,18,20H2,2-5H3/b30-28+. The second-order valence-electron chi connectivity index (χ2n) is 10.8. The lowest BCUT2D eigenvalue weighted by Gasteiger charge is -2.23. The molecule has 1 unspecified atom stereocenters. The largest absolute Gasteiger partial charge is 0.507 e. The van der Waals surface area contributed by atoms with Crippen LogP contribution in [0.15, 0.2) is 91.0 Å². The minimum Gasteiger partial charge on any atom is -0.507 e. The van der Waals surface area contributed by atoms with E-state index in [9.17, 15) is 19.5 Å². The van der Waals surface area contributed by atoms with Crippen molar-refractivity contribution in [1.29, 1.82) is 0 Å². The first kappa shape index (κ1) is 31.2. The number of aromatic nitrogens is 1. The van der Waals surface area contributed by atoms with Crippen molar-refractivity contribution < 1.29 is 29.0 Å². The predicted molar refractivity (Wildman–Crippen MR) is 175 cm³/mol. The molecule has 1 saturated heterocycles. The molecule has 1 atom stereocenters. The van der Waals surface area contributed by atoms with E-state index in [1.807, 2.05) is 62.3 Å². The number of hydrogen-bond acceptors (Lipinski definition) is 9. The second kappa shape index (κ2) is 13.2. The van der Waals surface area contributed by atoms with Crippen LogP contribution in [0.2, 0.25) is 0 Å². The summed E-state index contributed by atoms with van der Waals surface area (Å²) in [5.74, 6) is -2.09. The van der Waals surface area contributed by atoms with Gasteiger partial charge in [-0.05, 0) is 61.4 Å². The third kappa shape index (κ3) is 6.51. The Kier molecular flexibility index (Phi) is 9.15. The average molecular weight is 624 g/mol. The molecule has 1 amide bonds. The molecule has 0 saturated carbocycles. The maximum absolute atomic E-state index is 13.6. The van der Waals surface area contributed by atoms with E-state index in [1.54, 1.807) is 43.3 Å². The number of hydrogen-bond donors (Lipinski definition) is 1. The number of Topliss-reactive ketones (excluding diaryl/α,β-unsaturated/α-hetero) is 1. The Labute approximate surface area is 265 Å². The van der Waals surface area contributed by atoms with E-state index in [0.717, 1.165) is 28.2 Å². The van der Waals surface area contributed by atoms with E-state index >= 15 is 0 Å². The number of carbonyl (C=O) groups excluding carboxylic acids is 3. The number of ketones is 1. The molecule has 0 radical (unpaired) electrons. The first-order valence-corrected chi connectivity index (χ1v) is 15.0. The molecule has 0 bridgehead atoms. The highest BCUT2D eigenvalue weighted by atomic mass is 32.1. The van der Waals surface area contributed by atoms with Crippen molar-refractivity contribution in [3.63, 3.8) is 0 Å². The number of thiazole rings is 1. The summed E-state index contributed by atoms with van der Waals surface area (Å²) in [5.41, 5.74) is 4.27. The Hall–Kier alpha value is -5.22. The van der Waals surface area contributed by atoms with Crippen LogP contribution in [0.1, 0.15) is 43.7 Å². The highest BCUT2D eigenvalue weighted by Gasteiger charge is 2.48. The molecule has 45 heavy (non-hydrogen) atoms. The fourth-order valence-corrected chi connectivity index (χ4v) is 6.00. The number of rotatable bonds is 10. The molecule has 5 rings (SSSR count). The summed E-state index contributed by atoms with van der Waals surface area (Å²) in [6, 6.07) is 21.0. The molecule has 0 spiro atoms. The second-order valence-corrected chi connectivity index (χ2v) is 11.7. The summed E-state index contributed by atoms with van der Waals surface area (Å²) in [4.78, 5) is 47.7. The van der Waals surface area contributed by atoms with Gasteiger partial charge in [-0.2, -0.15) is 0 Å². The maximum atomic E-state index is 13.6. The zero-order chi connectivity index (χ0) is 32.2. The fraction of sp³-hybridized carbons (Fsp3) is 0.200. The summed E-state index contributed by atoms with van der Waals surface area (Å²) in [5, 5.41) is 11.7. The number of nitrogens with zero attached hydrogens (tertiary/aromatic N) is 3. The minimum absolute atomic E-state index is 0.0179. The molecule has 1 aliphatic rings. The maximum Gasteiger partial charge on any atom is 0.350 e. The molecule has 1 aliphatic heterocycles. The van der Waals surface area contributed by atoms with Crippen molar-refractivity contribution in [3.05, 3.63) is 124 Å². The van der Waals surface area contributed by atoms with Gasteiger partial charge in [-0.3, -0.25) is 14.5 Å². The predicted octanol–water partition coefficient (Wildman–Crippen LogP) is 6.37. The van der Waals surface area contributed by atoms with Gasteiger partial charge in [0, 0.05) is 25.3 Å². The lowest BCUT2D eigenvalue weighted by atomic mass is 9.95. The number of aryl methyl sites for hydroxylation is 2. The summed E-state index contributed by atoms with van der Waals surface area (Å²) >= 11 is 0.947. The number of carbonyl (C=O) groups is 3. The van der Waals surface area contributed by atoms with Crippen LogP contribution in [0, 0.1) is 13.8 Å². The quantitative estimate of drug-likeness (QED) is 0.0713. The zero-order valence-electron chi connectivity index (χ0n) is 25.4. The van der Waals surface area contributed by atoms with Gasteiger partial charge in [0.15, 0.2) is 5.13 Å². The lowest BCUT2D eigenvalue weighted by Crippen LogP contribution is -2.29. The molecule has 3 aromatic carbocycles. The number of benzene rings is 3. The van der Waals surface area contributed by atoms with Crippen LogP contribution in [0.4, 0.5) is 10.8 Å². The van der Waals surface area contributed by atoms with Gasteiger partial charge in [-0.25, -0.2) is 9.78 Å². The third-order valence-electron chi connectivity index (χ3n) is 7.29. The van der Waals surface area contributed by atoms with Crippen LogP contribution in [0.5, 0.6) is 5.75 Å². The number of ether oxygens (including phenoxy) is 2. The van der Waals surface area contributed by atoms with Crippen LogP contribution in [-0.4, -0.2) is 48.5 Å². The fourth-order valence-electron chi connectivity index (χ4n) is 5.01. The molecule has 230 valence electrons. The summed E-state index contributed by atoms with van der Waals surface area (Å²) in [6.45, 7) is 7.59. The Balaban J connectivity index is 1.53. The van der Waals surface area contributed by atoms with Crippen LogP contribution < -0.4 is 14.5 Å². The van der Waals surface area contributed by atoms with E-state index in [0.29, 0.717) is 29.2 Å². The van der Waals surface area contributed by atoms with Crippen LogP contribution in [-0.2, 0) is 20.9 Å². The molecule has 10 heteroatoms. The molecule has 0 aliphatic carbocycles. The number of amides is 1. The first-order chi connectivity index (χ1) is 21.6. The molecule has 2 heterocycles. The van der Waals surface area contributed by atoms with E-state index in [-0.39, 0.29) is 27.9 Å². The Morgan fingerprint density at radius 1 is 1.07 bits per heavy atom. The van der Waals surface area contributed by atoms with Gasteiger partial charge in [0.1, 0.15) is 29.6 Å². The Morgan fingerprint density at radius 3 is 2.42 bits per heavy atom. The third-order valence-corrected chi connectivity index (χ3v) is 8.43. The van der Waals surface area contributed by atoms with E-state index in [2.05, 4.69) is 11.6 Å². The monoisotopic (exact) mass is 623 g/mol.